The number of methoxy groups -OCH3 is 1. The van der Waals surface area contributed by atoms with Gasteiger partial charge in [0.05, 0.1) is 42.0 Å². The van der Waals surface area contributed by atoms with Crippen molar-refractivity contribution in [3.63, 3.8) is 0 Å². The second-order valence-electron chi connectivity index (χ2n) is 13.8. The highest BCUT2D eigenvalue weighted by Crippen LogP contribution is 2.42. The molecule has 3 aromatic heterocycles. The van der Waals surface area contributed by atoms with Crippen LogP contribution in [0.2, 0.25) is 0 Å². The van der Waals surface area contributed by atoms with Gasteiger partial charge in [-0.05, 0) is 50.8 Å². The number of hydrogen-bond acceptors (Lipinski definition) is 9. The zero-order chi connectivity index (χ0) is 35.5. The molecule has 0 aliphatic carbocycles. The summed E-state index contributed by atoms with van der Waals surface area (Å²) < 4.78 is 44.0. The van der Waals surface area contributed by atoms with E-state index in [2.05, 4.69) is 20.3 Å². The van der Waals surface area contributed by atoms with Crippen molar-refractivity contribution >= 4 is 34.4 Å². The van der Waals surface area contributed by atoms with E-state index in [1.54, 1.807) is 25.7 Å². The zero-order valence-corrected chi connectivity index (χ0v) is 28.7. The molecule has 1 fully saturated rings. The molecule has 258 valence electrons. The van der Waals surface area contributed by atoms with Crippen LogP contribution in [0.5, 0.6) is 5.75 Å². The van der Waals surface area contributed by atoms with E-state index >= 15 is 8.78 Å². The third-order valence-corrected chi connectivity index (χ3v) is 8.58. The van der Waals surface area contributed by atoms with E-state index in [4.69, 9.17) is 9.47 Å². The smallest absolute Gasteiger partial charge is 0.410 e. The van der Waals surface area contributed by atoms with Gasteiger partial charge in [0, 0.05) is 18.5 Å². The molecule has 2 amide bonds. The fraction of sp³-hybridized carbons (Fsp3) is 0.429. The van der Waals surface area contributed by atoms with Gasteiger partial charge in [-0.2, -0.15) is 0 Å². The number of rotatable bonds is 5. The van der Waals surface area contributed by atoms with Crippen molar-refractivity contribution in [2.24, 2.45) is 0 Å². The van der Waals surface area contributed by atoms with Crippen LogP contribution in [-0.2, 0) is 9.53 Å². The van der Waals surface area contributed by atoms with Gasteiger partial charge < -0.3 is 24.6 Å². The summed E-state index contributed by atoms with van der Waals surface area (Å²) in [5.74, 6) is -2.46. The van der Waals surface area contributed by atoms with E-state index < -0.39 is 40.8 Å². The molecule has 1 aromatic carbocycles. The minimum Gasteiger partial charge on any atom is -0.496 e. The molecule has 0 saturated carbocycles. The number of piperazine rings is 1. The van der Waals surface area contributed by atoms with Gasteiger partial charge in [0.2, 0.25) is 5.91 Å². The lowest BCUT2D eigenvalue weighted by Gasteiger charge is -2.45. The van der Waals surface area contributed by atoms with Crippen molar-refractivity contribution in [3.8, 4) is 22.7 Å². The van der Waals surface area contributed by atoms with E-state index in [9.17, 15) is 14.4 Å². The van der Waals surface area contributed by atoms with Crippen molar-refractivity contribution < 1.29 is 27.8 Å². The van der Waals surface area contributed by atoms with Crippen LogP contribution in [0.1, 0.15) is 71.7 Å². The Labute approximate surface area is 282 Å². The fourth-order valence-corrected chi connectivity index (χ4v) is 6.42. The molecule has 14 heteroatoms. The van der Waals surface area contributed by atoms with E-state index in [1.165, 1.54) is 47.2 Å². The van der Waals surface area contributed by atoms with Crippen molar-refractivity contribution in [2.75, 3.05) is 37.0 Å². The van der Waals surface area contributed by atoms with Gasteiger partial charge in [0.25, 0.3) is 5.56 Å². The first-order chi connectivity index (χ1) is 23.1. The summed E-state index contributed by atoms with van der Waals surface area (Å²) in [6.07, 6.45) is 0.854. The number of anilines is 2. The molecule has 1 saturated heterocycles. The number of fused-ring (bicyclic) bond motifs is 5. The molecule has 6 rings (SSSR count). The summed E-state index contributed by atoms with van der Waals surface area (Å²) in [7, 11) is 1.34. The SMILES string of the molecule is COc1cccc(F)c1-c1nc2c(cc1F)c1c(c(=O)n2-c2c(C(C)C)ncnc2C(C)C)NC(=O)[C@H]2CN(C(=O)OC(C)(C)C)CCN12. The Bertz CT molecular complexity index is 2030. The second kappa shape index (κ2) is 12.4. The van der Waals surface area contributed by atoms with Crippen LogP contribution in [0.25, 0.3) is 28.0 Å². The van der Waals surface area contributed by atoms with Crippen molar-refractivity contribution in [3.05, 3.63) is 64.0 Å². The molecule has 2 aliphatic heterocycles. The van der Waals surface area contributed by atoms with Crippen LogP contribution in [0.4, 0.5) is 25.0 Å². The quantitative estimate of drug-likeness (QED) is 0.281. The number of hydrogen-bond donors (Lipinski definition) is 1. The Morgan fingerprint density at radius 1 is 1.00 bits per heavy atom. The van der Waals surface area contributed by atoms with Crippen LogP contribution >= 0.6 is 0 Å². The number of nitrogens with one attached hydrogen (secondary N) is 1. The summed E-state index contributed by atoms with van der Waals surface area (Å²) in [5, 5.41) is 2.95. The largest absolute Gasteiger partial charge is 0.496 e. The molecule has 0 spiro atoms. The van der Waals surface area contributed by atoms with Gasteiger partial charge in [-0.1, -0.05) is 33.8 Å². The molecule has 2 aliphatic rings. The van der Waals surface area contributed by atoms with Crippen LogP contribution in [0.3, 0.4) is 0 Å². The number of benzene rings is 1. The molecule has 49 heavy (non-hydrogen) atoms. The maximum Gasteiger partial charge on any atom is 0.410 e. The lowest BCUT2D eigenvalue weighted by Crippen LogP contribution is -2.62. The minimum absolute atomic E-state index is 0.00790. The molecule has 5 heterocycles. The Kier molecular flexibility index (Phi) is 8.53. The van der Waals surface area contributed by atoms with Gasteiger partial charge in [0.15, 0.2) is 11.5 Å². The van der Waals surface area contributed by atoms with E-state index in [0.29, 0.717) is 17.1 Å². The number of carbonyl (C=O) groups is 2. The standard InChI is InChI=1S/C35H39F2N7O5/c1-17(2)25-30(26(18(3)4)39-16-38-25)44-31-19(14-21(37)27(40-31)24-20(36)10-9-11-23(24)48-8)29-28(33(44)46)41-32(45)22-15-42(12-13-43(22)29)34(47)49-35(5,6)7/h9-11,14,16-18,22H,12-13,15H2,1-8H3,(H,41,45)/t22-/m1/s1. The molecular weight excluding hydrogens is 636 g/mol. The van der Waals surface area contributed by atoms with Crippen LogP contribution in [-0.4, -0.2) is 74.8 Å². The van der Waals surface area contributed by atoms with Crippen LogP contribution < -0.4 is 20.5 Å². The van der Waals surface area contributed by atoms with Crippen molar-refractivity contribution in [1.29, 1.82) is 0 Å². The monoisotopic (exact) mass is 675 g/mol. The molecule has 0 bridgehead atoms. The summed E-state index contributed by atoms with van der Waals surface area (Å²) in [4.78, 5) is 58.3. The molecule has 1 N–H and O–H groups in total. The molecule has 1 atom stereocenters. The molecule has 0 unspecified atom stereocenters. The van der Waals surface area contributed by atoms with Crippen LogP contribution in [0.15, 0.2) is 35.4 Å². The predicted molar refractivity (Wildman–Crippen MR) is 181 cm³/mol. The first-order valence-corrected chi connectivity index (χ1v) is 16.2. The number of carbonyl (C=O) groups excluding carboxylic acids is 2. The molecule has 12 nitrogen and oxygen atoms in total. The zero-order valence-electron chi connectivity index (χ0n) is 28.7. The molecule has 4 aromatic rings. The number of pyridine rings is 2. The average molecular weight is 676 g/mol. The van der Waals surface area contributed by atoms with Gasteiger partial charge in [-0.25, -0.2) is 28.5 Å². The summed E-state index contributed by atoms with van der Waals surface area (Å²) in [6, 6.07) is 4.38. The second-order valence-corrected chi connectivity index (χ2v) is 13.8. The normalized spacial score (nSPS) is 16.2. The van der Waals surface area contributed by atoms with E-state index in [1.807, 2.05) is 27.7 Å². The summed E-state index contributed by atoms with van der Waals surface area (Å²) in [5.41, 5.74) is -0.380. The topological polar surface area (TPSA) is 132 Å². The van der Waals surface area contributed by atoms with Crippen LogP contribution in [0, 0.1) is 11.6 Å². The van der Waals surface area contributed by atoms with Crippen molar-refractivity contribution in [2.45, 2.75) is 71.9 Å². The van der Waals surface area contributed by atoms with Gasteiger partial charge in [-0.3, -0.25) is 14.2 Å². The summed E-state index contributed by atoms with van der Waals surface area (Å²) in [6.45, 7) is 13.2. The van der Waals surface area contributed by atoms with E-state index in [-0.39, 0.29) is 70.9 Å². The number of amides is 2. The first kappa shape index (κ1) is 33.7. The fourth-order valence-electron chi connectivity index (χ4n) is 6.42. The third-order valence-electron chi connectivity index (χ3n) is 8.58. The lowest BCUT2D eigenvalue weighted by atomic mass is 9.99. The highest BCUT2D eigenvalue weighted by Gasteiger charge is 2.43. The minimum atomic E-state index is -0.917. The average Bonchev–Trinajstić information content (AvgIpc) is 3.03. The molecule has 0 radical (unpaired) electrons. The van der Waals surface area contributed by atoms with Crippen molar-refractivity contribution in [1.82, 2.24) is 24.4 Å². The Morgan fingerprint density at radius 3 is 2.29 bits per heavy atom. The Hall–Kier alpha value is -5.14. The third kappa shape index (κ3) is 5.82. The highest BCUT2D eigenvalue weighted by molar-refractivity contribution is 6.10. The first-order valence-electron chi connectivity index (χ1n) is 16.2. The van der Waals surface area contributed by atoms with E-state index in [0.717, 1.165) is 0 Å². The Morgan fingerprint density at radius 2 is 1.67 bits per heavy atom. The maximum absolute atomic E-state index is 16.4. The van der Waals surface area contributed by atoms with Gasteiger partial charge in [0.1, 0.15) is 40.9 Å². The lowest BCUT2D eigenvalue weighted by molar-refractivity contribution is -0.118. The number of ether oxygens (including phenoxy) is 2. The Balaban J connectivity index is 1.67. The van der Waals surface area contributed by atoms with Gasteiger partial charge >= 0.3 is 6.09 Å². The number of aromatic nitrogens is 4. The number of nitrogens with zero attached hydrogens (tertiary/aromatic N) is 6. The summed E-state index contributed by atoms with van der Waals surface area (Å²) >= 11 is 0. The molecular formula is C35H39F2N7O5. The predicted octanol–water partition coefficient (Wildman–Crippen LogP) is 5.75. The van der Waals surface area contributed by atoms with Gasteiger partial charge in [-0.15, -0.1) is 0 Å². The number of halogens is 2. The highest BCUT2D eigenvalue weighted by atomic mass is 19.1. The maximum atomic E-state index is 16.4.